The Labute approximate surface area is 113 Å². The van der Waals surface area contributed by atoms with E-state index in [4.69, 9.17) is 0 Å². The Balaban J connectivity index is 2.51. The second-order valence-electron chi connectivity index (χ2n) is 4.65. The van der Waals surface area contributed by atoms with Crippen LogP contribution in [0.4, 0.5) is 0 Å². The number of rotatable bonds is 7. The molecule has 0 spiro atoms. The molecule has 0 aliphatic rings. The van der Waals surface area contributed by atoms with E-state index in [-0.39, 0.29) is 0 Å². The molecule has 3 nitrogen and oxygen atoms in total. The van der Waals surface area contributed by atoms with Gasteiger partial charge in [0.05, 0.1) is 0 Å². The Bertz CT molecular complexity index is 409. The number of benzene rings is 1. The third-order valence-electron chi connectivity index (χ3n) is 2.78. The number of carboxylic acid groups (broad SMARTS) is 1. The van der Waals surface area contributed by atoms with Crippen LogP contribution < -0.4 is 5.32 Å². The number of carbonyl (C=O) groups is 1. The van der Waals surface area contributed by atoms with Crippen molar-refractivity contribution in [2.45, 2.75) is 32.1 Å². The topological polar surface area (TPSA) is 49.3 Å². The first kappa shape index (κ1) is 15.1. The van der Waals surface area contributed by atoms with E-state index < -0.39 is 11.5 Å². The summed E-state index contributed by atoms with van der Waals surface area (Å²) < 4.78 is 0. The number of carboxylic acids is 1. The van der Waals surface area contributed by atoms with Crippen molar-refractivity contribution in [1.82, 2.24) is 5.32 Å². The van der Waals surface area contributed by atoms with Crippen LogP contribution >= 0.6 is 11.8 Å². The highest BCUT2D eigenvalue weighted by Crippen LogP contribution is 2.19. The maximum atomic E-state index is 11.2. The van der Waals surface area contributed by atoms with Crippen LogP contribution in [0.25, 0.3) is 0 Å². The SMILES string of the molecule is CCNC(C)(CSCc1cccc(C)c1)C(=O)O. The highest BCUT2D eigenvalue weighted by atomic mass is 32.2. The molecule has 1 aromatic carbocycles. The first-order chi connectivity index (χ1) is 8.48. The van der Waals surface area contributed by atoms with Crippen LogP contribution in [0.1, 0.15) is 25.0 Å². The molecule has 1 aromatic rings. The molecule has 1 unspecified atom stereocenters. The van der Waals surface area contributed by atoms with E-state index in [0.717, 1.165) is 5.75 Å². The molecule has 18 heavy (non-hydrogen) atoms. The summed E-state index contributed by atoms with van der Waals surface area (Å²) in [5, 5.41) is 12.3. The van der Waals surface area contributed by atoms with Gasteiger partial charge in [-0.3, -0.25) is 4.79 Å². The minimum absolute atomic E-state index is 0.560. The maximum Gasteiger partial charge on any atom is 0.324 e. The summed E-state index contributed by atoms with van der Waals surface area (Å²) in [5.74, 6) is 0.612. The van der Waals surface area contributed by atoms with Gasteiger partial charge in [-0.15, -0.1) is 0 Å². The Hall–Kier alpha value is -1.00. The predicted molar refractivity (Wildman–Crippen MR) is 77.1 cm³/mol. The van der Waals surface area contributed by atoms with Crippen molar-refractivity contribution in [3.63, 3.8) is 0 Å². The van der Waals surface area contributed by atoms with Crippen LogP contribution in [0.15, 0.2) is 24.3 Å². The third-order valence-corrected chi connectivity index (χ3v) is 4.10. The Kier molecular flexibility index (Phi) is 5.69. The zero-order valence-electron chi connectivity index (χ0n) is 11.2. The molecule has 4 heteroatoms. The van der Waals surface area contributed by atoms with E-state index in [1.54, 1.807) is 18.7 Å². The van der Waals surface area contributed by atoms with E-state index in [9.17, 15) is 9.90 Å². The molecule has 0 aliphatic carbocycles. The normalized spacial score (nSPS) is 14.2. The Morgan fingerprint density at radius 3 is 2.78 bits per heavy atom. The minimum Gasteiger partial charge on any atom is -0.480 e. The minimum atomic E-state index is -0.844. The van der Waals surface area contributed by atoms with E-state index in [1.807, 2.05) is 13.0 Å². The summed E-state index contributed by atoms with van der Waals surface area (Å²) in [6.07, 6.45) is 0. The fraction of sp³-hybridized carbons (Fsp3) is 0.500. The van der Waals surface area contributed by atoms with Crippen molar-refractivity contribution in [3.05, 3.63) is 35.4 Å². The number of hydrogen-bond donors (Lipinski definition) is 2. The standard InChI is InChI=1S/C14H21NO2S/c1-4-15-14(3,13(16)17)10-18-9-12-7-5-6-11(2)8-12/h5-8,15H,4,9-10H2,1-3H3,(H,16,17). The molecule has 100 valence electrons. The smallest absolute Gasteiger partial charge is 0.324 e. The molecule has 0 radical (unpaired) electrons. The van der Waals surface area contributed by atoms with Crippen molar-refractivity contribution in [1.29, 1.82) is 0 Å². The number of aliphatic carboxylic acids is 1. The van der Waals surface area contributed by atoms with E-state index >= 15 is 0 Å². The quantitative estimate of drug-likeness (QED) is 0.797. The number of likely N-dealkylation sites (N-methyl/N-ethyl adjacent to an activating group) is 1. The molecule has 1 rings (SSSR count). The fourth-order valence-electron chi connectivity index (χ4n) is 1.75. The summed E-state index contributed by atoms with van der Waals surface area (Å²) in [6.45, 7) is 6.39. The second kappa shape index (κ2) is 6.81. The lowest BCUT2D eigenvalue weighted by Crippen LogP contribution is -2.51. The number of nitrogens with one attached hydrogen (secondary N) is 1. The number of thioether (sulfide) groups is 1. The number of hydrogen-bond acceptors (Lipinski definition) is 3. The van der Waals surface area contributed by atoms with Crippen molar-refractivity contribution >= 4 is 17.7 Å². The summed E-state index contributed by atoms with van der Waals surface area (Å²) in [6, 6.07) is 8.31. The lowest BCUT2D eigenvalue weighted by molar-refractivity contribution is -0.143. The highest BCUT2D eigenvalue weighted by Gasteiger charge is 2.31. The zero-order chi connectivity index (χ0) is 13.6. The van der Waals surface area contributed by atoms with Crippen LogP contribution in [0.5, 0.6) is 0 Å². The molecule has 0 amide bonds. The molecule has 0 aromatic heterocycles. The van der Waals surface area contributed by atoms with Crippen LogP contribution in [-0.4, -0.2) is 28.9 Å². The summed E-state index contributed by atoms with van der Waals surface area (Å²) >= 11 is 1.65. The molecule has 0 fully saturated rings. The molecule has 0 saturated heterocycles. The molecule has 0 saturated carbocycles. The zero-order valence-corrected chi connectivity index (χ0v) is 12.0. The van der Waals surface area contributed by atoms with Crippen LogP contribution in [-0.2, 0) is 10.5 Å². The average Bonchev–Trinajstić information content (AvgIpc) is 2.29. The van der Waals surface area contributed by atoms with Crippen LogP contribution in [0.2, 0.25) is 0 Å². The van der Waals surface area contributed by atoms with Crippen molar-refractivity contribution in [2.24, 2.45) is 0 Å². The van der Waals surface area contributed by atoms with E-state index in [2.05, 4.69) is 30.4 Å². The lowest BCUT2D eigenvalue weighted by Gasteiger charge is -2.25. The largest absolute Gasteiger partial charge is 0.480 e. The van der Waals surface area contributed by atoms with Gasteiger partial charge >= 0.3 is 5.97 Å². The maximum absolute atomic E-state index is 11.2. The van der Waals surface area contributed by atoms with Gasteiger partial charge in [0.1, 0.15) is 5.54 Å². The van der Waals surface area contributed by atoms with Crippen molar-refractivity contribution in [2.75, 3.05) is 12.3 Å². The summed E-state index contributed by atoms with van der Waals surface area (Å²) in [7, 11) is 0. The van der Waals surface area contributed by atoms with Gasteiger partial charge in [-0.05, 0) is 26.0 Å². The van der Waals surface area contributed by atoms with Crippen molar-refractivity contribution < 1.29 is 9.90 Å². The number of aryl methyl sites for hydroxylation is 1. The van der Waals surface area contributed by atoms with Crippen molar-refractivity contribution in [3.8, 4) is 0 Å². The molecule has 0 aliphatic heterocycles. The first-order valence-corrected chi connectivity index (χ1v) is 7.25. The molecule has 2 N–H and O–H groups in total. The van der Waals surface area contributed by atoms with E-state index in [0.29, 0.717) is 12.3 Å². The van der Waals surface area contributed by atoms with Gasteiger partial charge in [0, 0.05) is 11.5 Å². The molecular formula is C14H21NO2S. The van der Waals surface area contributed by atoms with Gasteiger partial charge < -0.3 is 10.4 Å². The lowest BCUT2D eigenvalue weighted by atomic mass is 10.1. The highest BCUT2D eigenvalue weighted by molar-refractivity contribution is 7.98. The van der Waals surface area contributed by atoms with Gasteiger partial charge in [0.2, 0.25) is 0 Å². The van der Waals surface area contributed by atoms with Gasteiger partial charge in [0.15, 0.2) is 0 Å². The van der Waals surface area contributed by atoms with Gasteiger partial charge in [-0.1, -0.05) is 36.8 Å². The second-order valence-corrected chi connectivity index (χ2v) is 5.64. The van der Waals surface area contributed by atoms with E-state index in [1.165, 1.54) is 11.1 Å². The third kappa shape index (κ3) is 4.35. The first-order valence-electron chi connectivity index (χ1n) is 6.09. The van der Waals surface area contributed by atoms with Gasteiger partial charge in [-0.25, -0.2) is 0 Å². The molecule has 0 bridgehead atoms. The average molecular weight is 267 g/mol. The predicted octanol–water partition coefficient (Wildman–Crippen LogP) is 2.68. The van der Waals surface area contributed by atoms with Crippen LogP contribution in [0, 0.1) is 6.92 Å². The molecule has 0 heterocycles. The fourth-order valence-corrected chi connectivity index (χ4v) is 2.90. The van der Waals surface area contributed by atoms with Gasteiger partial charge in [0.25, 0.3) is 0 Å². The molecule has 1 atom stereocenters. The Morgan fingerprint density at radius 1 is 1.50 bits per heavy atom. The Morgan fingerprint density at radius 2 is 2.22 bits per heavy atom. The monoisotopic (exact) mass is 267 g/mol. The van der Waals surface area contributed by atoms with Crippen LogP contribution in [0.3, 0.4) is 0 Å². The molecular weight excluding hydrogens is 246 g/mol. The summed E-state index contributed by atoms with van der Waals surface area (Å²) in [4.78, 5) is 11.2. The summed E-state index contributed by atoms with van der Waals surface area (Å²) in [5.41, 5.74) is 1.63. The van der Waals surface area contributed by atoms with Gasteiger partial charge in [-0.2, -0.15) is 11.8 Å².